The first-order valence-corrected chi connectivity index (χ1v) is 9.93. The van der Waals surface area contributed by atoms with Crippen LogP contribution in [-0.4, -0.2) is 44.7 Å². The van der Waals surface area contributed by atoms with Crippen LogP contribution in [0.1, 0.15) is 35.0 Å². The zero-order chi connectivity index (χ0) is 20.7. The molecule has 0 bridgehead atoms. The molecule has 3 heterocycles. The summed E-state index contributed by atoms with van der Waals surface area (Å²) < 4.78 is 2.19. The van der Waals surface area contributed by atoms with Gasteiger partial charge in [0.2, 0.25) is 0 Å². The van der Waals surface area contributed by atoms with E-state index in [4.69, 9.17) is 5.73 Å². The number of hydrogen-bond donors (Lipinski definition) is 3. The van der Waals surface area contributed by atoms with Crippen LogP contribution in [0.5, 0.6) is 0 Å². The van der Waals surface area contributed by atoms with Crippen LogP contribution in [0.15, 0.2) is 35.1 Å². The highest BCUT2D eigenvalue weighted by Crippen LogP contribution is 2.28. The van der Waals surface area contributed by atoms with Crippen LogP contribution in [-0.2, 0) is 20.0 Å². The summed E-state index contributed by atoms with van der Waals surface area (Å²) >= 11 is 0. The lowest BCUT2D eigenvalue weighted by Gasteiger charge is -2.15. The molecule has 1 aromatic carbocycles. The number of carboxylic acid groups (broad SMARTS) is 1. The van der Waals surface area contributed by atoms with Gasteiger partial charge in [0.25, 0.3) is 5.56 Å². The quantitative estimate of drug-likeness (QED) is 0.616. The van der Waals surface area contributed by atoms with E-state index >= 15 is 0 Å². The van der Waals surface area contributed by atoms with Gasteiger partial charge in [-0.15, -0.1) is 0 Å². The normalized spacial score (nSPS) is 17.3. The number of carbonyl (C=O) groups is 1. The fourth-order valence-corrected chi connectivity index (χ4v) is 4.22. The number of nitrogens with one attached hydrogen (secondary N) is 1. The van der Waals surface area contributed by atoms with E-state index in [-0.39, 0.29) is 11.6 Å². The molecular formula is C22H26N4O3. The number of H-pyrrole nitrogens is 1. The van der Waals surface area contributed by atoms with Gasteiger partial charge in [0.15, 0.2) is 0 Å². The number of hydrogen-bond acceptors (Lipinski definition) is 4. The van der Waals surface area contributed by atoms with Crippen molar-refractivity contribution >= 4 is 16.9 Å². The molecule has 2 aromatic heterocycles. The van der Waals surface area contributed by atoms with Crippen molar-refractivity contribution in [3.05, 3.63) is 57.5 Å². The fraction of sp³-hybridized carbons (Fsp3) is 0.364. The third kappa shape index (κ3) is 3.59. The van der Waals surface area contributed by atoms with E-state index in [2.05, 4.69) is 33.6 Å². The van der Waals surface area contributed by atoms with Crippen LogP contribution in [0.25, 0.3) is 22.2 Å². The summed E-state index contributed by atoms with van der Waals surface area (Å²) in [5.74, 6) is -1.21. The number of carboxylic acids is 1. The Morgan fingerprint density at radius 3 is 2.76 bits per heavy atom. The molecule has 1 atom stereocenters. The minimum absolute atomic E-state index is 0.225. The number of benzene rings is 1. The number of fused-ring (bicyclic) bond motifs is 1. The maximum atomic E-state index is 12.2. The molecule has 3 aromatic rings. The smallest absolute Gasteiger partial charge is 0.341 e. The van der Waals surface area contributed by atoms with Crippen molar-refractivity contribution in [2.45, 2.75) is 32.4 Å². The molecule has 1 saturated heterocycles. The number of nitrogens with zero attached hydrogens (tertiary/aromatic N) is 2. The minimum atomic E-state index is -1.21. The van der Waals surface area contributed by atoms with Crippen molar-refractivity contribution < 1.29 is 9.90 Å². The van der Waals surface area contributed by atoms with Gasteiger partial charge < -0.3 is 20.4 Å². The predicted molar refractivity (Wildman–Crippen MR) is 113 cm³/mol. The Labute approximate surface area is 168 Å². The van der Waals surface area contributed by atoms with Gasteiger partial charge in [0.1, 0.15) is 5.56 Å². The van der Waals surface area contributed by atoms with Crippen molar-refractivity contribution in [3.63, 3.8) is 0 Å². The van der Waals surface area contributed by atoms with Crippen LogP contribution >= 0.6 is 0 Å². The van der Waals surface area contributed by atoms with Crippen LogP contribution in [0.4, 0.5) is 0 Å². The van der Waals surface area contributed by atoms with Crippen molar-refractivity contribution in [2.24, 2.45) is 12.8 Å². The van der Waals surface area contributed by atoms with Gasteiger partial charge in [-0.2, -0.15) is 0 Å². The average Bonchev–Trinajstić information content (AvgIpc) is 3.24. The molecule has 152 valence electrons. The molecule has 4 N–H and O–H groups in total. The molecule has 0 aliphatic carbocycles. The SMILES string of the molecule is CCc1cc(C(=O)O)c(=O)[nH]c1-c1ccc2c(c1)cc(CN1CC[C@H](N)C1)n2C. The first-order chi connectivity index (χ1) is 13.9. The lowest BCUT2D eigenvalue weighted by molar-refractivity contribution is 0.0695. The van der Waals surface area contributed by atoms with Crippen LogP contribution < -0.4 is 11.3 Å². The van der Waals surface area contributed by atoms with Crippen molar-refractivity contribution in [1.29, 1.82) is 0 Å². The molecule has 1 aliphatic heterocycles. The maximum Gasteiger partial charge on any atom is 0.341 e. The highest BCUT2D eigenvalue weighted by Gasteiger charge is 2.20. The minimum Gasteiger partial charge on any atom is -0.477 e. The number of likely N-dealkylation sites (tertiary alicyclic amines) is 1. The van der Waals surface area contributed by atoms with Crippen LogP contribution in [0.2, 0.25) is 0 Å². The third-order valence-corrected chi connectivity index (χ3v) is 5.86. The summed E-state index contributed by atoms with van der Waals surface area (Å²) in [6.45, 7) is 4.75. The second-order valence-corrected chi connectivity index (χ2v) is 7.82. The second-order valence-electron chi connectivity index (χ2n) is 7.82. The Morgan fingerprint density at radius 1 is 1.31 bits per heavy atom. The fourth-order valence-electron chi connectivity index (χ4n) is 4.22. The first-order valence-electron chi connectivity index (χ1n) is 9.93. The van der Waals surface area contributed by atoms with Crippen LogP contribution in [0, 0.1) is 0 Å². The molecule has 1 fully saturated rings. The van der Waals surface area contributed by atoms with E-state index in [0.717, 1.165) is 48.1 Å². The van der Waals surface area contributed by atoms with Gasteiger partial charge in [-0.05, 0) is 48.2 Å². The summed E-state index contributed by atoms with van der Waals surface area (Å²) in [5, 5.41) is 10.3. The maximum absolute atomic E-state index is 12.2. The molecular weight excluding hydrogens is 368 g/mol. The molecule has 7 heteroatoms. The van der Waals surface area contributed by atoms with Gasteiger partial charge >= 0.3 is 5.97 Å². The first kappa shape index (κ1) is 19.4. The molecule has 0 spiro atoms. The Kier molecular flexibility index (Phi) is 5.02. The van der Waals surface area contributed by atoms with E-state index < -0.39 is 11.5 Å². The van der Waals surface area contributed by atoms with Gasteiger partial charge in [-0.3, -0.25) is 9.69 Å². The molecule has 0 saturated carbocycles. The lowest BCUT2D eigenvalue weighted by atomic mass is 10.0. The summed E-state index contributed by atoms with van der Waals surface area (Å²) in [6.07, 6.45) is 1.66. The van der Waals surface area contributed by atoms with Crippen molar-refractivity contribution in [2.75, 3.05) is 13.1 Å². The zero-order valence-corrected chi connectivity index (χ0v) is 16.7. The number of aromatic amines is 1. The van der Waals surface area contributed by atoms with Crippen molar-refractivity contribution in [3.8, 4) is 11.3 Å². The average molecular weight is 394 g/mol. The van der Waals surface area contributed by atoms with E-state index in [1.807, 2.05) is 19.1 Å². The topological polar surface area (TPSA) is 104 Å². The number of aromatic nitrogens is 2. The number of aromatic carboxylic acids is 1. The van der Waals surface area contributed by atoms with Gasteiger partial charge in [0.05, 0.1) is 5.69 Å². The van der Waals surface area contributed by atoms with E-state index in [1.165, 1.54) is 11.8 Å². The van der Waals surface area contributed by atoms with Gasteiger partial charge in [-0.25, -0.2) is 4.79 Å². The van der Waals surface area contributed by atoms with E-state index in [0.29, 0.717) is 12.1 Å². The summed E-state index contributed by atoms with van der Waals surface area (Å²) in [6, 6.07) is 10.00. The third-order valence-electron chi connectivity index (χ3n) is 5.86. The Balaban J connectivity index is 1.73. The molecule has 7 nitrogen and oxygen atoms in total. The molecule has 0 amide bonds. The number of pyridine rings is 1. The highest BCUT2D eigenvalue weighted by atomic mass is 16.4. The summed E-state index contributed by atoms with van der Waals surface area (Å²) in [7, 11) is 2.06. The number of rotatable bonds is 5. The van der Waals surface area contributed by atoms with E-state index in [1.54, 1.807) is 0 Å². The second kappa shape index (κ2) is 7.50. The van der Waals surface area contributed by atoms with E-state index in [9.17, 15) is 14.7 Å². The van der Waals surface area contributed by atoms with Gasteiger partial charge in [-0.1, -0.05) is 13.0 Å². The predicted octanol–water partition coefficient (Wildman–Crippen LogP) is 2.33. The largest absolute Gasteiger partial charge is 0.477 e. The Bertz CT molecular complexity index is 1140. The molecule has 1 aliphatic rings. The summed E-state index contributed by atoms with van der Waals surface area (Å²) in [4.78, 5) is 28.6. The Hall–Kier alpha value is -2.90. The molecule has 0 radical (unpaired) electrons. The highest BCUT2D eigenvalue weighted by molar-refractivity contribution is 5.89. The Morgan fingerprint density at radius 2 is 2.10 bits per heavy atom. The molecule has 4 rings (SSSR count). The number of aryl methyl sites for hydroxylation is 2. The molecule has 29 heavy (non-hydrogen) atoms. The lowest BCUT2D eigenvalue weighted by Crippen LogP contribution is -2.26. The monoisotopic (exact) mass is 394 g/mol. The van der Waals surface area contributed by atoms with Crippen LogP contribution in [0.3, 0.4) is 0 Å². The van der Waals surface area contributed by atoms with Crippen molar-refractivity contribution in [1.82, 2.24) is 14.5 Å². The summed E-state index contributed by atoms with van der Waals surface area (Å²) in [5.41, 5.74) is 9.93. The van der Waals surface area contributed by atoms with Gasteiger partial charge in [0, 0.05) is 49.3 Å². The molecule has 0 unspecified atom stereocenters. The standard InChI is InChI=1S/C22H26N4O3/c1-3-13-10-18(22(28)29)21(27)24-20(13)14-4-5-19-15(8-14)9-17(25(19)2)12-26-7-6-16(23)11-26/h4-5,8-10,16H,3,6-7,11-12,23H2,1-2H3,(H,24,27)(H,28,29)/t16-/m0/s1. The number of nitrogens with two attached hydrogens (primary N) is 1. The zero-order valence-electron chi connectivity index (χ0n) is 16.7.